The molecule has 1 aliphatic heterocycles. The molecule has 0 saturated heterocycles. The maximum Gasteiger partial charge on any atom is 0.128 e. The molecule has 2 aromatic carbocycles. The second kappa shape index (κ2) is 5.11. The SMILES string of the molecule is NCc1ccc(CN2Cc3ccccc3C2)c(F)c1. The van der Waals surface area contributed by atoms with Crippen molar-refractivity contribution in [2.45, 2.75) is 26.2 Å². The summed E-state index contributed by atoms with van der Waals surface area (Å²) in [7, 11) is 0. The standard InChI is InChI=1S/C16H17FN2/c17-16-7-12(8-18)5-6-15(16)11-19-9-13-3-1-2-4-14(13)10-19/h1-7H,8-11,18H2. The minimum absolute atomic E-state index is 0.154. The summed E-state index contributed by atoms with van der Waals surface area (Å²) in [6.07, 6.45) is 0. The van der Waals surface area contributed by atoms with Crippen molar-refractivity contribution in [3.05, 3.63) is 70.5 Å². The number of hydrogen-bond acceptors (Lipinski definition) is 2. The van der Waals surface area contributed by atoms with Gasteiger partial charge >= 0.3 is 0 Å². The molecular weight excluding hydrogens is 239 g/mol. The Balaban J connectivity index is 1.74. The Morgan fingerprint density at radius 1 is 1.05 bits per heavy atom. The molecule has 0 aliphatic carbocycles. The molecule has 2 nitrogen and oxygen atoms in total. The molecule has 0 bridgehead atoms. The Hall–Kier alpha value is -1.71. The highest BCUT2D eigenvalue weighted by molar-refractivity contribution is 5.31. The third-order valence-corrected chi connectivity index (χ3v) is 3.65. The number of nitrogens with zero attached hydrogens (tertiary/aromatic N) is 1. The zero-order chi connectivity index (χ0) is 13.2. The van der Waals surface area contributed by atoms with Gasteiger partial charge in [0.1, 0.15) is 5.82 Å². The zero-order valence-corrected chi connectivity index (χ0v) is 10.8. The quantitative estimate of drug-likeness (QED) is 0.915. The molecule has 3 rings (SSSR count). The predicted octanol–water partition coefficient (Wildman–Crippen LogP) is 2.80. The fourth-order valence-electron chi connectivity index (χ4n) is 2.60. The van der Waals surface area contributed by atoms with Gasteiger partial charge in [-0.25, -0.2) is 4.39 Å². The van der Waals surface area contributed by atoms with Crippen LogP contribution < -0.4 is 5.73 Å². The number of benzene rings is 2. The van der Waals surface area contributed by atoms with Crippen molar-refractivity contribution in [1.82, 2.24) is 4.90 Å². The number of fused-ring (bicyclic) bond motifs is 1. The van der Waals surface area contributed by atoms with E-state index in [1.165, 1.54) is 11.1 Å². The van der Waals surface area contributed by atoms with E-state index in [1.54, 1.807) is 6.07 Å². The number of hydrogen-bond donors (Lipinski definition) is 1. The molecule has 1 aliphatic rings. The molecular formula is C16H17FN2. The molecule has 0 aromatic heterocycles. The highest BCUT2D eigenvalue weighted by Crippen LogP contribution is 2.24. The largest absolute Gasteiger partial charge is 0.326 e. The summed E-state index contributed by atoms with van der Waals surface area (Å²) in [5, 5.41) is 0. The fraction of sp³-hybridized carbons (Fsp3) is 0.250. The second-order valence-electron chi connectivity index (χ2n) is 5.04. The van der Waals surface area contributed by atoms with Crippen molar-refractivity contribution in [1.29, 1.82) is 0 Å². The average molecular weight is 256 g/mol. The highest BCUT2D eigenvalue weighted by Gasteiger charge is 2.19. The van der Waals surface area contributed by atoms with Crippen LogP contribution in [0.2, 0.25) is 0 Å². The molecule has 0 spiro atoms. The maximum atomic E-state index is 13.9. The van der Waals surface area contributed by atoms with E-state index in [0.717, 1.165) is 24.2 Å². The van der Waals surface area contributed by atoms with Gasteiger partial charge < -0.3 is 5.73 Å². The van der Waals surface area contributed by atoms with Gasteiger partial charge in [0, 0.05) is 31.7 Å². The molecule has 98 valence electrons. The van der Waals surface area contributed by atoms with Crippen molar-refractivity contribution in [3.8, 4) is 0 Å². The van der Waals surface area contributed by atoms with Crippen LogP contribution in [0.5, 0.6) is 0 Å². The van der Waals surface area contributed by atoms with Crippen molar-refractivity contribution in [3.63, 3.8) is 0 Å². The van der Waals surface area contributed by atoms with Crippen molar-refractivity contribution >= 4 is 0 Å². The fourth-order valence-corrected chi connectivity index (χ4v) is 2.60. The van der Waals surface area contributed by atoms with Crippen LogP contribution in [0.4, 0.5) is 4.39 Å². The third kappa shape index (κ3) is 2.53. The molecule has 0 atom stereocenters. The Morgan fingerprint density at radius 2 is 1.74 bits per heavy atom. The van der Waals surface area contributed by atoms with Crippen LogP contribution in [0, 0.1) is 5.82 Å². The molecule has 0 amide bonds. The normalized spacial score (nSPS) is 14.6. The summed E-state index contributed by atoms with van der Waals surface area (Å²) in [5.74, 6) is -0.154. The molecule has 0 saturated carbocycles. The summed E-state index contributed by atoms with van der Waals surface area (Å²) in [6, 6.07) is 13.7. The van der Waals surface area contributed by atoms with Crippen LogP contribution in [0.1, 0.15) is 22.3 Å². The summed E-state index contributed by atoms with van der Waals surface area (Å²) in [5.41, 5.74) is 9.79. The van der Waals surface area contributed by atoms with Gasteiger partial charge in [-0.3, -0.25) is 4.90 Å². The molecule has 0 fully saturated rings. The van der Waals surface area contributed by atoms with E-state index in [-0.39, 0.29) is 5.82 Å². The molecule has 1 heterocycles. The molecule has 19 heavy (non-hydrogen) atoms. The molecule has 2 aromatic rings. The van der Waals surface area contributed by atoms with Gasteiger partial charge in [-0.2, -0.15) is 0 Å². The van der Waals surface area contributed by atoms with Crippen molar-refractivity contribution in [2.75, 3.05) is 0 Å². The van der Waals surface area contributed by atoms with E-state index < -0.39 is 0 Å². The first-order valence-corrected chi connectivity index (χ1v) is 6.53. The predicted molar refractivity (Wildman–Crippen MR) is 73.7 cm³/mol. The third-order valence-electron chi connectivity index (χ3n) is 3.65. The van der Waals surface area contributed by atoms with Crippen LogP contribution in [-0.4, -0.2) is 4.90 Å². The van der Waals surface area contributed by atoms with Crippen LogP contribution >= 0.6 is 0 Å². The van der Waals surface area contributed by atoms with Gasteiger partial charge in [-0.15, -0.1) is 0 Å². The van der Waals surface area contributed by atoms with Gasteiger partial charge in [-0.05, 0) is 22.8 Å². The van der Waals surface area contributed by atoms with Gasteiger partial charge in [-0.1, -0.05) is 36.4 Å². The summed E-state index contributed by atoms with van der Waals surface area (Å²) >= 11 is 0. The van der Waals surface area contributed by atoms with E-state index in [1.807, 2.05) is 12.1 Å². The van der Waals surface area contributed by atoms with Crippen LogP contribution in [-0.2, 0) is 26.2 Å². The van der Waals surface area contributed by atoms with E-state index >= 15 is 0 Å². The lowest BCUT2D eigenvalue weighted by atomic mass is 10.1. The Morgan fingerprint density at radius 3 is 2.32 bits per heavy atom. The maximum absolute atomic E-state index is 13.9. The Bertz CT molecular complexity index is 570. The van der Waals surface area contributed by atoms with E-state index in [9.17, 15) is 4.39 Å². The first kappa shape index (κ1) is 12.3. The van der Waals surface area contributed by atoms with Gasteiger partial charge in [0.2, 0.25) is 0 Å². The van der Waals surface area contributed by atoms with E-state index in [4.69, 9.17) is 5.73 Å². The first-order chi connectivity index (χ1) is 9.26. The van der Waals surface area contributed by atoms with Crippen molar-refractivity contribution < 1.29 is 4.39 Å². The van der Waals surface area contributed by atoms with Crippen LogP contribution in [0.3, 0.4) is 0 Å². The Kier molecular flexibility index (Phi) is 3.32. The molecule has 3 heteroatoms. The van der Waals surface area contributed by atoms with Gasteiger partial charge in [0.25, 0.3) is 0 Å². The molecule has 0 unspecified atom stereocenters. The second-order valence-corrected chi connectivity index (χ2v) is 5.04. The highest BCUT2D eigenvalue weighted by atomic mass is 19.1. The number of rotatable bonds is 3. The summed E-state index contributed by atoms with van der Waals surface area (Å²) < 4.78 is 13.9. The molecule has 2 N–H and O–H groups in total. The lowest BCUT2D eigenvalue weighted by Gasteiger charge is -2.15. The Labute approximate surface area is 112 Å². The van der Waals surface area contributed by atoms with Crippen LogP contribution in [0.15, 0.2) is 42.5 Å². The number of nitrogens with two attached hydrogens (primary N) is 1. The van der Waals surface area contributed by atoms with Crippen LogP contribution in [0.25, 0.3) is 0 Å². The lowest BCUT2D eigenvalue weighted by molar-refractivity contribution is 0.271. The topological polar surface area (TPSA) is 29.3 Å². The first-order valence-electron chi connectivity index (χ1n) is 6.53. The minimum Gasteiger partial charge on any atom is -0.326 e. The minimum atomic E-state index is -0.154. The van der Waals surface area contributed by atoms with Gasteiger partial charge in [0.05, 0.1) is 0 Å². The van der Waals surface area contributed by atoms with E-state index in [0.29, 0.717) is 13.1 Å². The van der Waals surface area contributed by atoms with Gasteiger partial charge in [0.15, 0.2) is 0 Å². The zero-order valence-electron chi connectivity index (χ0n) is 10.8. The lowest BCUT2D eigenvalue weighted by Crippen LogP contribution is -2.16. The molecule has 0 radical (unpaired) electrons. The average Bonchev–Trinajstić information content (AvgIpc) is 2.83. The monoisotopic (exact) mass is 256 g/mol. The van der Waals surface area contributed by atoms with Crippen molar-refractivity contribution in [2.24, 2.45) is 5.73 Å². The summed E-state index contributed by atoms with van der Waals surface area (Å²) in [4.78, 5) is 2.26. The smallest absolute Gasteiger partial charge is 0.128 e. The van der Waals surface area contributed by atoms with E-state index in [2.05, 4.69) is 29.2 Å². The summed E-state index contributed by atoms with van der Waals surface area (Å²) in [6.45, 7) is 2.82. The number of halogens is 1.